The van der Waals surface area contributed by atoms with Crippen molar-refractivity contribution < 1.29 is 4.21 Å². The van der Waals surface area contributed by atoms with Gasteiger partial charge >= 0.3 is 11.7 Å². The molecule has 0 bridgehead atoms. The molecule has 0 fully saturated rings. The summed E-state index contributed by atoms with van der Waals surface area (Å²) in [7, 11) is 0. The number of hydrogen-bond donors (Lipinski definition) is 0. The summed E-state index contributed by atoms with van der Waals surface area (Å²) in [6, 6.07) is 0. The molecule has 0 spiro atoms. The molecule has 2 heteroatoms. The average molecular weight is 132 g/mol. The zero-order chi connectivity index (χ0) is 6.24. The third-order valence-electron chi connectivity index (χ3n) is 0.948. The van der Waals surface area contributed by atoms with Gasteiger partial charge in [0.2, 0.25) is 5.75 Å². The zero-order valence-electron chi connectivity index (χ0n) is 5.22. The first-order valence-corrected chi connectivity index (χ1v) is 3.89. The van der Waals surface area contributed by atoms with Crippen LogP contribution in [0.3, 0.4) is 0 Å². The van der Waals surface area contributed by atoms with Crippen LogP contribution in [0.1, 0.15) is 26.2 Å². The maximum atomic E-state index is 9.78. The Morgan fingerprint density at radius 3 is 2.88 bits per heavy atom. The van der Waals surface area contributed by atoms with Crippen LogP contribution < -0.4 is 0 Å². The van der Waals surface area contributed by atoms with Gasteiger partial charge in [-0.05, 0) is 6.42 Å². The maximum absolute atomic E-state index is 9.78. The monoisotopic (exact) mass is 132 g/mol. The van der Waals surface area contributed by atoms with E-state index in [4.69, 9.17) is 0 Å². The largest absolute Gasteiger partial charge is 0.458 e. The molecule has 0 saturated heterocycles. The highest BCUT2D eigenvalue weighted by atomic mass is 32.1. The van der Waals surface area contributed by atoms with Crippen molar-refractivity contribution in [2.45, 2.75) is 26.2 Å². The van der Waals surface area contributed by atoms with E-state index in [9.17, 15) is 4.21 Å². The van der Waals surface area contributed by atoms with Crippen molar-refractivity contribution in [3.8, 4) is 0 Å². The van der Waals surface area contributed by atoms with Gasteiger partial charge in [-0.25, -0.2) is 0 Å². The van der Waals surface area contributed by atoms with Crippen LogP contribution in [0.4, 0.5) is 0 Å². The van der Waals surface area contributed by atoms with Gasteiger partial charge in [-0.3, -0.25) is 0 Å². The van der Waals surface area contributed by atoms with Crippen LogP contribution in [0.15, 0.2) is 0 Å². The number of unbranched alkanes of at least 4 members (excludes halogenated alkanes) is 3. The molecular weight excluding hydrogens is 120 g/mol. The van der Waals surface area contributed by atoms with E-state index in [2.05, 4.69) is 6.92 Å². The Morgan fingerprint density at radius 1 is 1.62 bits per heavy atom. The van der Waals surface area contributed by atoms with Crippen LogP contribution in [0.25, 0.3) is 0 Å². The maximum Gasteiger partial charge on any atom is 0.458 e. The summed E-state index contributed by atoms with van der Waals surface area (Å²) in [6.45, 7) is 2.15. The molecular formula is C6H12OS+. The molecule has 47 valence electrons. The van der Waals surface area contributed by atoms with Gasteiger partial charge in [0.25, 0.3) is 0 Å². The summed E-state index contributed by atoms with van der Waals surface area (Å²) in [4.78, 5) is 0. The molecule has 0 aliphatic carbocycles. The van der Waals surface area contributed by atoms with E-state index < -0.39 is 0 Å². The van der Waals surface area contributed by atoms with E-state index in [0.29, 0.717) is 17.4 Å². The predicted octanol–water partition coefficient (Wildman–Crippen LogP) is 1.81. The van der Waals surface area contributed by atoms with Crippen molar-refractivity contribution in [2.75, 3.05) is 5.75 Å². The second-order valence-electron chi connectivity index (χ2n) is 1.72. The van der Waals surface area contributed by atoms with E-state index in [-0.39, 0.29) is 0 Å². The summed E-state index contributed by atoms with van der Waals surface area (Å²) in [5, 5.41) is 0. The minimum atomic E-state index is 0.647. The molecule has 1 nitrogen and oxygen atoms in total. The topological polar surface area (TPSA) is 17.1 Å². The molecule has 0 rings (SSSR count). The van der Waals surface area contributed by atoms with Gasteiger partial charge in [-0.1, -0.05) is 19.8 Å². The smallest absolute Gasteiger partial charge is 0.0654 e. The van der Waals surface area contributed by atoms with Crippen molar-refractivity contribution in [3.05, 3.63) is 6.42 Å². The Hall–Kier alpha value is 0.0200. The fourth-order valence-corrected chi connectivity index (χ4v) is 0.743. The van der Waals surface area contributed by atoms with Gasteiger partial charge in [0.05, 0.1) is 0 Å². The Bertz CT molecular complexity index is 54.5. The van der Waals surface area contributed by atoms with Gasteiger partial charge in [-0.2, -0.15) is 0 Å². The lowest BCUT2D eigenvalue weighted by Crippen LogP contribution is -1.82. The van der Waals surface area contributed by atoms with Crippen molar-refractivity contribution in [1.82, 2.24) is 0 Å². The predicted molar refractivity (Wildman–Crippen MR) is 36.7 cm³/mol. The lowest BCUT2D eigenvalue weighted by Gasteiger charge is -1.85. The minimum Gasteiger partial charge on any atom is -0.0654 e. The summed E-state index contributed by atoms with van der Waals surface area (Å²) in [5.74, 6) is 0.667. The van der Waals surface area contributed by atoms with Crippen LogP contribution in [-0.4, -0.2) is 5.75 Å². The third-order valence-corrected chi connectivity index (χ3v) is 1.32. The lowest BCUT2D eigenvalue weighted by molar-refractivity contribution is 0.605. The summed E-state index contributed by atoms with van der Waals surface area (Å²) in [6.07, 6.45) is 5.59. The van der Waals surface area contributed by atoms with E-state index >= 15 is 0 Å². The van der Waals surface area contributed by atoms with Crippen LogP contribution in [-0.2, 0) is 15.9 Å². The molecule has 0 atom stereocenters. The normalized spacial score (nSPS) is 9.12. The first-order valence-electron chi connectivity index (χ1n) is 2.98. The van der Waals surface area contributed by atoms with Crippen molar-refractivity contribution in [2.24, 2.45) is 0 Å². The van der Waals surface area contributed by atoms with Gasteiger partial charge in [0, 0.05) is 10.6 Å². The highest BCUT2D eigenvalue weighted by Gasteiger charge is 1.95. The van der Waals surface area contributed by atoms with E-state index in [1.54, 1.807) is 0 Å². The molecule has 0 N–H and O–H groups in total. The summed E-state index contributed by atoms with van der Waals surface area (Å²) >= 11 is 0.647. The highest BCUT2D eigenvalue weighted by molar-refractivity contribution is 7.65. The van der Waals surface area contributed by atoms with E-state index in [1.165, 1.54) is 12.8 Å². The Labute approximate surface area is 55.0 Å². The quantitative estimate of drug-likeness (QED) is 0.412. The molecule has 0 aromatic rings. The third kappa shape index (κ3) is 6.02. The molecule has 0 saturated carbocycles. The second-order valence-corrected chi connectivity index (χ2v) is 2.28. The van der Waals surface area contributed by atoms with Crippen LogP contribution in [0, 0.1) is 6.42 Å². The molecule has 0 aliphatic heterocycles. The van der Waals surface area contributed by atoms with Gasteiger partial charge in [0.1, 0.15) is 0 Å². The molecule has 8 heavy (non-hydrogen) atoms. The molecule has 0 heterocycles. The average Bonchev–Trinajstić information content (AvgIpc) is 1.81. The minimum absolute atomic E-state index is 0.647. The van der Waals surface area contributed by atoms with Crippen molar-refractivity contribution in [3.63, 3.8) is 0 Å². The SMILES string of the molecule is CCCC[CH]C[S+]=O. The summed E-state index contributed by atoms with van der Waals surface area (Å²) < 4.78 is 9.78. The first kappa shape index (κ1) is 8.02. The fraction of sp³-hybridized carbons (Fsp3) is 0.833. The van der Waals surface area contributed by atoms with Gasteiger partial charge in [0.15, 0.2) is 0 Å². The summed E-state index contributed by atoms with van der Waals surface area (Å²) in [5.41, 5.74) is 0. The van der Waals surface area contributed by atoms with Crippen LogP contribution in [0.2, 0.25) is 0 Å². The van der Waals surface area contributed by atoms with Crippen molar-refractivity contribution >= 4 is 11.7 Å². The molecule has 0 aromatic heterocycles. The second kappa shape index (κ2) is 7.02. The van der Waals surface area contributed by atoms with E-state index in [1.807, 2.05) is 6.42 Å². The van der Waals surface area contributed by atoms with Gasteiger partial charge in [-0.15, -0.1) is 0 Å². The molecule has 0 aromatic carbocycles. The highest BCUT2D eigenvalue weighted by Crippen LogP contribution is 1.95. The zero-order valence-corrected chi connectivity index (χ0v) is 6.04. The number of rotatable bonds is 5. The molecule has 0 amide bonds. The molecule has 0 unspecified atom stereocenters. The standard InChI is InChI=1S/C6H12OS/c1-2-3-4-5-6-8-7/h5H,2-4,6H2,1H3/q+1. The Kier molecular flexibility index (Phi) is 7.04. The Morgan fingerprint density at radius 2 is 2.38 bits per heavy atom. The van der Waals surface area contributed by atoms with Gasteiger partial charge < -0.3 is 0 Å². The van der Waals surface area contributed by atoms with Crippen LogP contribution >= 0.6 is 0 Å². The van der Waals surface area contributed by atoms with E-state index in [0.717, 1.165) is 6.42 Å². The Balaban J connectivity index is 2.62. The fourth-order valence-electron chi connectivity index (χ4n) is 0.480. The lowest BCUT2D eigenvalue weighted by atomic mass is 10.2. The molecule has 1 radical (unpaired) electrons. The molecule has 0 aliphatic rings. The van der Waals surface area contributed by atoms with Crippen LogP contribution in [0.5, 0.6) is 0 Å². The first-order chi connectivity index (χ1) is 3.91. The van der Waals surface area contributed by atoms with Crippen molar-refractivity contribution in [1.29, 1.82) is 0 Å². The number of hydrogen-bond acceptors (Lipinski definition) is 1.